The highest BCUT2D eigenvalue weighted by Crippen LogP contribution is 2.51. The first-order valence-electron chi connectivity index (χ1n) is 6.76. The van der Waals surface area contributed by atoms with Gasteiger partial charge in [-0.3, -0.25) is 4.79 Å². The highest BCUT2D eigenvalue weighted by Gasteiger charge is 2.44. The smallest absolute Gasteiger partial charge is 0.303 e. The van der Waals surface area contributed by atoms with Gasteiger partial charge in [-0.05, 0) is 41.4 Å². The van der Waals surface area contributed by atoms with Gasteiger partial charge in [0.05, 0.1) is 6.42 Å². The molecule has 0 aromatic heterocycles. The molecule has 0 radical (unpaired) electrons. The second-order valence-corrected chi connectivity index (χ2v) is 7.68. The van der Waals surface area contributed by atoms with Crippen molar-refractivity contribution in [1.82, 2.24) is 0 Å². The van der Waals surface area contributed by atoms with Crippen LogP contribution in [0.2, 0.25) is 0 Å². The Kier molecular flexibility index (Phi) is 3.95. The van der Waals surface area contributed by atoms with Crippen LogP contribution in [0.3, 0.4) is 0 Å². The average molecular weight is 278 g/mol. The predicted octanol–water partition coefficient (Wildman–Crippen LogP) is 4.33. The molecular weight excluding hydrogens is 256 g/mol. The first kappa shape index (κ1) is 14.4. The van der Waals surface area contributed by atoms with Gasteiger partial charge in [-0.25, -0.2) is 0 Å². The molecule has 0 heterocycles. The van der Waals surface area contributed by atoms with E-state index in [0.717, 1.165) is 18.6 Å². The molecule has 1 aromatic carbocycles. The lowest BCUT2D eigenvalue weighted by Gasteiger charge is -2.19. The highest BCUT2D eigenvalue weighted by atomic mass is 32.2. The summed E-state index contributed by atoms with van der Waals surface area (Å²) in [5.74, 6) is 0.259. The van der Waals surface area contributed by atoms with Crippen LogP contribution in [0.5, 0.6) is 0 Å². The minimum absolute atomic E-state index is 0.0686. The van der Waals surface area contributed by atoms with Gasteiger partial charge in [0.25, 0.3) is 0 Å². The van der Waals surface area contributed by atoms with E-state index in [1.54, 1.807) is 11.8 Å². The maximum absolute atomic E-state index is 10.8. The number of hydrogen-bond donors (Lipinski definition) is 1. The Balaban J connectivity index is 1.92. The zero-order valence-corrected chi connectivity index (χ0v) is 12.7. The van der Waals surface area contributed by atoms with Gasteiger partial charge in [0, 0.05) is 10.6 Å². The third kappa shape index (κ3) is 4.00. The summed E-state index contributed by atoms with van der Waals surface area (Å²) in [5.41, 5.74) is 1.59. The molecule has 0 atom stereocenters. The normalized spacial score (nSPS) is 17.2. The van der Waals surface area contributed by atoms with E-state index in [1.165, 1.54) is 10.5 Å². The van der Waals surface area contributed by atoms with Crippen LogP contribution in [0.25, 0.3) is 0 Å². The molecule has 0 saturated heterocycles. The molecule has 0 spiro atoms. The van der Waals surface area contributed by atoms with E-state index in [4.69, 9.17) is 5.11 Å². The summed E-state index contributed by atoms with van der Waals surface area (Å²) in [6.45, 7) is 6.63. The van der Waals surface area contributed by atoms with Crippen LogP contribution in [0, 0.1) is 5.41 Å². The topological polar surface area (TPSA) is 37.3 Å². The Bertz CT molecular complexity index is 453. The largest absolute Gasteiger partial charge is 0.481 e. The SMILES string of the molecule is CC(C)(C)c1ccc(SCC2(CC(=O)O)CC2)cc1. The number of benzene rings is 1. The predicted molar refractivity (Wildman–Crippen MR) is 79.8 cm³/mol. The fourth-order valence-corrected chi connectivity index (χ4v) is 3.35. The zero-order chi connectivity index (χ0) is 14.1. The van der Waals surface area contributed by atoms with Crippen molar-refractivity contribution in [2.75, 3.05) is 5.75 Å². The molecule has 0 bridgehead atoms. The lowest BCUT2D eigenvalue weighted by Crippen LogP contribution is -2.11. The number of carboxylic acid groups (broad SMARTS) is 1. The fourth-order valence-electron chi connectivity index (χ4n) is 2.16. The monoisotopic (exact) mass is 278 g/mol. The number of carbonyl (C=O) groups is 1. The van der Waals surface area contributed by atoms with Crippen molar-refractivity contribution in [1.29, 1.82) is 0 Å². The van der Waals surface area contributed by atoms with Crippen LogP contribution < -0.4 is 0 Å². The minimum atomic E-state index is -0.666. The van der Waals surface area contributed by atoms with Crippen LogP contribution in [-0.4, -0.2) is 16.8 Å². The molecular formula is C16H22O2S. The van der Waals surface area contributed by atoms with Crippen molar-refractivity contribution in [2.24, 2.45) is 5.41 Å². The number of thioether (sulfide) groups is 1. The van der Waals surface area contributed by atoms with Crippen LogP contribution in [0.4, 0.5) is 0 Å². The Labute approximate surface area is 119 Å². The highest BCUT2D eigenvalue weighted by molar-refractivity contribution is 7.99. The van der Waals surface area contributed by atoms with Crippen molar-refractivity contribution >= 4 is 17.7 Å². The van der Waals surface area contributed by atoms with Crippen LogP contribution in [0.1, 0.15) is 45.6 Å². The van der Waals surface area contributed by atoms with E-state index in [1.807, 2.05) is 0 Å². The van der Waals surface area contributed by atoms with Crippen LogP contribution in [-0.2, 0) is 10.2 Å². The van der Waals surface area contributed by atoms with Gasteiger partial charge in [0.1, 0.15) is 0 Å². The van der Waals surface area contributed by atoms with E-state index < -0.39 is 5.97 Å². The summed E-state index contributed by atoms with van der Waals surface area (Å²) >= 11 is 1.79. The van der Waals surface area contributed by atoms with E-state index in [2.05, 4.69) is 45.0 Å². The molecule has 0 unspecified atom stereocenters. The third-order valence-electron chi connectivity index (χ3n) is 3.75. The Morgan fingerprint density at radius 3 is 2.26 bits per heavy atom. The number of rotatable bonds is 5. The van der Waals surface area contributed by atoms with E-state index in [-0.39, 0.29) is 10.8 Å². The van der Waals surface area contributed by atoms with Crippen molar-refractivity contribution in [2.45, 2.75) is 50.3 Å². The molecule has 3 heteroatoms. The summed E-state index contributed by atoms with van der Waals surface area (Å²) in [7, 11) is 0. The van der Waals surface area contributed by atoms with Gasteiger partial charge in [-0.15, -0.1) is 11.8 Å². The van der Waals surface area contributed by atoms with E-state index in [9.17, 15) is 4.79 Å². The second kappa shape index (κ2) is 5.20. The van der Waals surface area contributed by atoms with E-state index >= 15 is 0 Å². The van der Waals surface area contributed by atoms with Crippen LogP contribution >= 0.6 is 11.8 Å². The maximum atomic E-state index is 10.8. The molecule has 1 fully saturated rings. The summed E-state index contributed by atoms with van der Waals surface area (Å²) in [6, 6.07) is 8.67. The Morgan fingerprint density at radius 2 is 1.84 bits per heavy atom. The summed E-state index contributed by atoms with van der Waals surface area (Å²) in [5, 5.41) is 8.90. The Hall–Kier alpha value is -0.960. The lowest BCUT2D eigenvalue weighted by molar-refractivity contribution is -0.138. The van der Waals surface area contributed by atoms with Gasteiger partial charge >= 0.3 is 5.97 Å². The van der Waals surface area contributed by atoms with Crippen molar-refractivity contribution in [3.63, 3.8) is 0 Å². The standard InChI is InChI=1S/C16H22O2S/c1-15(2,3)12-4-6-13(7-5-12)19-11-16(8-9-16)10-14(17)18/h4-7H,8-11H2,1-3H3,(H,17,18). The third-order valence-corrected chi connectivity index (χ3v) is 5.11. The summed E-state index contributed by atoms with van der Waals surface area (Å²) in [4.78, 5) is 12.1. The zero-order valence-electron chi connectivity index (χ0n) is 11.9. The quantitative estimate of drug-likeness (QED) is 0.814. The molecule has 0 amide bonds. The van der Waals surface area contributed by atoms with Crippen LogP contribution in [0.15, 0.2) is 29.2 Å². The van der Waals surface area contributed by atoms with Gasteiger partial charge in [-0.2, -0.15) is 0 Å². The number of carboxylic acids is 1. The lowest BCUT2D eigenvalue weighted by atomic mass is 9.87. The first-order valence-corrected chi connectivity index (χ1v) is 7.75. The van der Waals surface area contributed by atoms with Crippen molar-refractivity contribution in [3.05, 3.63) is 29.8 Å². The van der Waals surface area contributed by atoms with Gasteiger partial charge in [0.15, 0.2) is 0 Å². The average Bonchev–Trinajstić information content (AvgIpc) is 3.05. The minimum Gasteiger partial charge on any atom is -0.481 e. The molecule has 1 saturated carbocycles. The number of aliphatic carboxylic acids is 1. The number of hydrogen-bond acceptors (Lipinski definition) is 2. The molecule has 1 aromatic rings. The maximum Gasteiger partial charge on any atom is 0.303 e. The van der Waals surface area contributed by atoms with Gasteiger partial charge in [0.2, 0.25) is 0 Å². The first-order chi connectivity index (χ1) is 8.81. The molecule has 1 aliphatic carbocycles. The van der Waals surface area contributed by atoms with Gasteiger partial charge in [-0.1, -0.05) is 32.9 Å². The molecule has 0 aliphatic heterocycles. The molecule has 2 nitrogen and oxygen atoms in total. The molecule has 1 aliphatic rings. The summed E-state index contributed by atoms with van der Waals surface area (Å²) < 4.78 is 0. The second-order valence-electron chi connectivity index (χ2n) is 6.63. The van der Waals surface area contributed by atoms with E-state index in [0.29, 0.717) is 6.42 Å². The molecule has 104 valence electrons. The molecule has 19 heavy (non-hydrogen) atoms. The van der Waals surface area contributed by atoms with Crippen molar-refractivity contribution in [3.8, 4) is 0 Å². The fraction of sp³-hybridized carbons (Fsp3) is 0.562. The molecule has 1 N–H and O–H groups in total. The Morgan fingerprint density at radius 1 is 1.26 bits per heavy atom. The van der Waals surface area contributed by atoms with Crippen molar-refractivity contribution < 1.29 is 9.90 Å². The summed E-state index contributed by atoms with van der Waals surface area (Å²) in [6.07, 6.45) is 2.44. The molecule has 2 rings (SSSR count). The van der Waals surface area contributed by atoms with Gasteiger partial charge < -0.3 is 5.11 Å².